The summed E-state index contributed by atoms with van der Waals surface area (Å²) in [5, 5.41) is 0. The lowest BCUT2D eigenvalue weighted by molar-refractivity contribution is -0.152. The van der Waals surface area contributed by atoms with Crippen LogP contribution < -0.4 is 0 Å². The second-order valence-electron chi connectivity index (χ2n) is 28.1. The molecular formula is C66H109NO5. The molecule has 0 bridgehead atoms. The Balaban J connectivity index is 0.671. The average Bonchev–Trinajstić information content (AvgIpc) is 3.89. The molecule has 15 atom stereocenters. The summed E-state index contributed by atoms with van der Waals surface area (Å²) < 4.78 is 12.4. The molecule has 0 heterocycles. The second-order valence-corrected chi connectivity index (χ2v) is 28.1. The van der Waals surface area contributed by atoms with E-state index in [4.69, 9.17) is 9.47 Å². The number of rotatable bonds is 25. The van der Waals surface area contributed by atoms with Crippen molar-refractivity contribution in [2.75, 3.05) is 19.6 Å². The fraction of sp³-hybridized carbons (Fsp3) is 0.894. The van der Waals surface area contributed by atoms with Crippen LogP contribution in [0.25, 0.3) is 0 Å². The van der Waals surface area contributed by atoms with Crippen LogP contribution in [-0.4, -0.2) is 54.5 Å². The van der Waals surface area contributed by atoms with E-state index in [1.54, 1.807) is 11.1 Å². The van der Waals surface area contributed by atoms with Crippen LogP contribution in [0.4, 0.5) is 0 Å². The number of hydrogen-bond donors (Lipinski definition) is 0. The SMILES string of the molecule is CCCCN(CCCCCCC(=O)OC1CCC2(C)C(=CCC3C2CCC2(C)C(C(C)=O)CCC32)C1)CCCCCCC(=O)OC1CCC2(C)C(=CCC3C2CCC2(C)C(C(C)CCCC(C)C)CCC32)C1. The highest BCUT2D eigenvalue weighted by molar-refractivity contribution is 5.79. The maximum absolute atomic E-state index is 13.2. The number of ketones is 1. The molecule has 0 radical (unpaired) electrons. The number of unbranched alkanes of at least 4 members (excludes halogenated alkanes) is 7. The van der Waals surface area contributed by atoms with Crippen LogP contribution in [-0.2, 0) is 23.9 Å². The molecule has 408 valence electrons. The third-order valence-corrected chi connectivity index (χ3v) is 23.4. The van der Waals surface area contributed by atoms with Gasteiger partial charge in [-0.1, -0.05) is 130 Å². The third-order valence-electron chi connectivity index (χ3n) is 23.4. The van der Waals surface area contributed by atoms with Crippen LogP contribution in [0.2, 0.25) is 0 Å². The van der Waals surface area contributed by atoms with Gasteiger partial charge in [0.15, 0.2) is 0 Å². The number of carbonyl (C=O) groups excluding carboxylic acids is 3. The molecule has 0 saturated heterocycles. The van der Waals surface area contributed by atoms with E-state index in [-0.39, 0.29) is 40.9 Å². The van der Waals surface area contributed by atoms with Gasteiger partial charge >= 0.3 is 11.9 Å². The number of ether oxygens (including phenoxy) is 2. The van der Waals surface area contributed by atoms with E-state index in [0.717, 1.165) is 119 Å². The number of hydrogen-bond acceptors (Lipinski definition) is 6. The van der Waals surface area contributed by atoms with Gasteiger partial charge in [0.05, 0.1) is 0 Å². The summed E-state index contributed by atoms with van der Waals surface area (Å²) in [6.07, 6.45) is 40.9. The zero-order valence-electron chi connectivity index (χ0n) is 48.1. The molecule has 0 aromatic rings. The van der Waals surface area contributed by atoms with Crippen molar-refractivity contribution in [3.05, 3.63) is 23.3 Å². The smallest absolute Gasteiger partial charge is 0.306 e. The average molecular weight is 997 g/mol. The van der Waals surface area contributed by atoms with Crippen LogP contribution in [0.15, 0.2) is 23.3 Å². The van der Waals surface area contributed by atoms with Gasteiger partial charge in [0.2, 0.25) is 0 Å². The summed E-state index contributed by atoms with van der Waals surface area (Å²) in [6.45, 7) is 25.2. The molecule has 8 aliphatic carbocycles. The van der Waals surface area contributed by atoms with Crippen molar-refractivity contribution in [3.8, 4) is 0 Å². The molecule has 0 aliphatic heterocycles. The van der Waals surface area contributed by atoms with Gasteiger partial charge in [-0.25, -0.2) is 0 Å². The van der Waals surface area contributed by atoms with Gasteiger partial charge in [-0.15, -0.1) is 0 Å². The van der Waals surface area contributed by atoms with Gasteiger partial charge in [-0.2, -0.15) is 0 Å². The standard InChI is InChI=1S/C66H109NO5/c1-10-11-41-67(43-19-15-13-17-24-62(70)72-52-34-38-64(7)50(45-52)26-28-54-58-32-30-56(48(5)68)66(58,9)40-36-60(54)64)42-18-14-12-16-23-61(69)71-51-33-37-63(6)49(44-51)25-27-53-57-31-29-55(47(4)22-20-21-46(2)3)65(57,8)39-35-59(53)63/h25-26,46-47,51-60H,10-24,27-45H2,1-9H3. The predicted molar refractivity (Wildman–Crippen MR) is 296 cm³/mol. The number of carbonyl (C=O) groups is 3. The highest BCUT2D eigenvalue weighted by Gasteiger charge is 2.61. The van der Waals surface area contributed by atoms with E-state index in [9.17, 15) is 14.4 Å². The first-order valence-corrected chi connectivity index (χ1v) is 31.5. The molecule has 0 aromatic carbocycles. The fourth-order valence-corrected chi connectivity index (χ4v) is 19.3. The topological polar surface area (TPSA) is 72.9 Å². The highest BCUT2D eigenvalue weighted by Crippen LogP contribution is 2.69. The molecule has 0 N–H and O–H groups in total. The number of esters is 2. The van der Waals surface area contributed by atoms with E-state index in [2.05, 4.69) is 72.4 Å². The van der Waals surface area contributed by atoms with Crippen LogP contribution in [0.3, 0.4) is 0 Å². The maximum Gasteiger partial charge on any atom is 0.306 e. The van der Waals surface area contributed by atoms with Crippen LogP contribution in [0.1, 0.15) is 261 Å². The first kappa shape index (κ1) is 56.3. The van der Waals surface area contributed by atoms with E-state index >= 15 is 0 Å². The maximum atomic E-state index is 13.2. The van der Waals surface area contributed by atoms with Crippen LogP contribution >= 0.6 is 0 Å². The van der Waals surface area contributed by atoms with Crippen molar-refractivity contribution in [3.63, 3.8) is 0 Å². The molecule has 6 heteroatoms. The first-order chi connectivity index (χ1) is 34.5. The van der Waals surface area contributed by atoms with Gasteiger partial charge in [0, 0.05) is 31.6 Å². The van der Waals surface area contributed by atoms with Crippen molar-refractivity contribution < 1.29 is 23.9 Å². The number of Topliss-reactive ketones (excluding diaryl/α,β-unsaturated/α-hetero) is 1. The second kappa shape index (κ2) is 24.6. The van der Waals surface area contributed by atoms with E-state index in [1.807, 2.05) is 6.92 Å². The number of allylic oxidation sites excluding steroid dienone is 2. The summed E-state index contributed by atoms with van der Waals surface area (Å²) >= 11 is 0. The molecule has 72 heavy (non-hydrogen) atoms. The van der Waals surface area contributed by atoms with E-state index < -0.39 is 0 Å². The lowest BCUT2D eigenvalue weighted by Crippen LogP contribution is -2.51. The zero-order chi connectivity index (χ0) is 51.3. The predicted octanol–water partition coefficient (Wildman–Crippen LogP) is 17.0. The largest absolute Gasteiger partial charge is 0.462 e. The molecule has 6 nitrogen and oxygen atoms in total. The molecule has 15 unspecified atom stereocenters. The van der Waals surface area contributed by atoms with Crippen molar-refractivity contribution in [2.45, 2.75) is 274 Å². The van der Waals surface area contributed by atoms with Crippen molar-refractivity contribution >= 4 is 17.7 Å². The molecule has 6 fully saturated rings. The Hall–Kier alpha value is -1.95. The fourth-order valence-electron chi connectivity index (χ4n) is 19.3. The summed E-state index contributed by atoms with van der Waals surface area (Å²) in [5.41, 5.74) is 4.42. The Morgan fingerprint density at radius 2 is 1.07 bits per heavy atom. The Kier molecular flexibility index (Phi) is 19.2. The minimum Gasteiger partial charge on any atom is -0.462 e. The van der Waals surface area contributed by atoms with Gasteiger partial charge in [0.1, 0.15) is 18.0 Å². The quantitative estimate of drug-likeness (QED) is 0.0515. The number of nitrogens with zero attached hydrogens (tertiary/aromatic N) is 1. The molecule has 0 spiro atoms. The van der Waals surface area contributed by atoms with E-state index in [0.29, 0.717) is 47.2 Å². The summed E-state index contributed by atoms with van der Waals surface area (Å²) in [6, 6.07) is 0. The van der Waals surface area contributed by atoms with Crippen LogP contribution in [0, 0.1) is 80.8 Å². The molecule has 0 aromatic heterocycles. The van der Waals surface area contributed by atoms with Crippen molar-refractivity contribution in [1.29, 1.82) is 0 Å². The molecule has 8 aliphatic rings. The highest BCUT2D eigenvalue weighted by atomic mass is 16.5. The van der Waals surface area contributed by atoms with Crippen LogP contribution in [0.5, 0.6) is 0 Å². The van der Waals surface area contributed by atoms with Crippen molar-refractivity contribution in [2.24, 2.45) is 80.8 Å². The monoisotopic (exact) mass is 996 g/mol. The van der Waals surface area contributed by atoms with Gasteiger partial charge in [-0.3, -0.25) is 14.4 Å². The van der Waals surface area contributed by atoms with Gasteiger partial charge < -0.3 is 14.4 Å². The Morgan fingerprint density at radius 1 is 0.569 bits per heavy atom. The normalized spacial score (nSPS) is 38.4. The lowest BCUT2D eigenvalue weighted by atomic mass is 9.47. The minimum atomic E-state index is 0.00274. The Bertz CT molecular complexity index is 1880. The zero-order valence-corrected chi connectivity index (χ0v) is 48.1. The van der Waals surface area contributed by atoms with Gasteiger partial charge in [-0.05, 0) is 223 Å². The molecule has 8 rings (SSSR count). The number of fused-ring (bicyclic) bond motifs is 10. The summed E-state index contributed by atoms with van der Waals surface area (Å²) in [4.78, 5) is 41.5. The molecule has 0 amide bonds. The van der Waals surface area contributed by atoms with Crippen molar-refractivity contribution in [1.82, 2.24) is 4.90 Å². The molecular weight excluding hydrogens is 887 g/mol. The van der Waals surface area contributed by atoms with E-state index in [1.165, 1.54) is 122 Å². The Morgan fingerprint density at radius 3 is 1.60 bits per heavy atom. The molecule has 6 saturated carbocycles. The lowest BCUT2D eigenvalue weighted by Gasteiger charge is -2.58. The minimum absolute atomic E-state index is 0.00274. The summed E-state index contributed by atoms with van der Waals surface area (Å²) in [7, 11) is 0. The first-order valence-electron chi connectivity index (χ1n) is 31.5. The third kappa shape index (κ3) is 12.2. The summed E-state index contributed by atoms with van der Waals surface area (Å²) in [5.74, 6) is 7.92. The van der Waals surface area contributed by atoms with Gasteiger partial charge in [0.25, 0.3) is 0 Å². The Labute approximate surface area is 442 Å².